The van der Waals surface area contributed by atoms with E-state index in [0.29, 0.717) is 5.92 Å². The monoisotopic (exact) mass is 204 g/mol. The number of hydrogen-bond acceptors (Lipinski definition) is 1. The van der Waals surface area contributed by atoms with Gasteiger partial charge in [0, 0.05) is 10.8 Å². The van der Waals surface area contributed by atoms with Gasteiger partial charge >= 0.3 is 0 Å². The molecule has 14 heavy (non-hydrogen) atoms. The van der Waals surface area contributed by atoms with Crippen LogP contribution in [0.2, 0.25) is 0 Å². The fraction of sp³-hybridized carbons (Fsp3) is 0.385. The zero-order chi connectivity index (χ0) is 9.97. The van der Waals surface area contributed by atoms with E-state index >= 15 is 0 Å². The maximum atomic E-state index is 4.55. The van der Waals surface area contributed by atoms with Gasteiger partial charge in [-0.3, -0.25) is 0 Å². The van der Waals surface area contributed by atoms with Crippen LogP contribution in [0.1, 0.15) is 26.2 Å². The van der Waals surface area contributed by atoms with Crippen molar-refractivity contribution in [2.45, 2.75) is 26.2 Å². The van der Waals surface area contributed by atoms with E-state index in [1.54, 1.807) is 0 Å². The maximum absolute atomic E-state index is 4.55. The highest BCUT2D eigenvalue weighted by atomic mass is 32.1. The molecule has 74 valence electrons. The molecule has 0 amide bonds. The second kappa shape index (κ2) is 4.22. The van der Waals surface area contributed by atoms with Crippen molar-refractivity contribution in [2.24, 2.45) is 5.92 Å². The number of rotatable bonds is 1. The maximum Gasteiger partial charge on any atom is 0.00560 e. The number of hydrogen-bond donors (Lipinski definition) is 1. The molecule has 0 aromatic heterocycles. The van der Waals surface area contributed by atoms with Crippen LogP contribution in [0, 0.1) is 5.92 Å². The molecule has 2 aliphatic carbocycles. The van der Waals surface area contributed by atoms with Crippen molar-refractivity contribution in [3.05, 3.63) is 46.4 Å². The summed E-state index contributed by atoms with van der Waals surface area (Å²) in [6.45, 7) is 2.22. The smallest absolute Gasteiger partial charge is 0.00560 e. The Morgan fingerprint density at radius 2 is 2.21 bits per heavy atom. The van der Waals surface area contributed by atoms with Crippen molar-refractivity contribution in [3.8, 4) is 0 Å². The molecule has 1 heteroatoms. The fourth-order valence-electron chi connectivity index (χ4n) is 2.18. The molecule has 0 nitrogen and oxygen atoms in total. The third kappa shape index (κ3) is 1.88. The first-order chi connectivity index (χ1) is 6.79. The molecule has 0 heterocycles. The van der Waals surface area contributed by atoms with E-state index < -0.39 is 0 Å². The molecule has 2 aliphatic rings. The summed E-state index contributed by atoms with van der Waals surface area (Å²) >= 11 is 4.55. The Morgan fingerprint density at radius 1 is 1.36 bits per heavy atom. The predicted octanol–water partition coefficient (Wildman–Crippen LogP) is 4.04. The second-order valence-electron chi connectivity index (χ2n) is 3.98. The first kappa shape index (κ1) is 9.85. The third-order valence-corrected chi connectivity index (χ3v) is 3.46. The molecule has 0 spiro atoms. The molecular formula is C13H16S. The van der Waals surface area contributed by atoms with Gasteiger partial charge in [-0.1, -0.05) is 36.0 Å². The molecule has 0 aromatic rings. The van der Waals surface area contributed by atoms with Gasteiger partial charge in [-0.2, -0.15) is 0 Å². The summed E-state index contributed by atoms with van der Waals surface area (Å²) in [6.07, 6.45) is 14.5. The van der Waals surface area contributed by atoms with Crippen molar-refractivity contribution in [3.63, 3.8) is 0 Å². The molecule has 0 fully saturated rings. The van der Waals surface area contributed by atoms with E-state index in [-0.39, 0.29) is 0 Å². The minimum Gasteiger partial charge on any atom is -0.143 e. The quantitative estimate of drug-likeness (QED) is 0.612. The van der Waals surface area contributed by atoms with Gasteiger partial charge in [0.15, 0.2) is 0 Å². The molecular weight excluding hydrogens is 188 g/mol. The highest BCUT2D eigenvalue weighted by Crippen LogP contribution is 2.35. The molecule has 1 unspecified atom stereocenters. The van der Waals surface area contributed by atoms with E-state index in [2.05, 4.69) is 49.9 Å². The van der Waals surface area contributed by atoms with Crippen molar-refractivity contribution >= 4 is 12.6 Å². The van der Waals surface area contributed by atoms with Crippen molar-refractivity contribution in [2.75, 3.05) is 0 Å². The van der Waals surface area contributed by atoms with Crippen LogP contribution < -0.4 is 0 Å². The summed E-state index contributed by atoms with van der Waals surface area (Å²) in [5.41, 5.74) is 3.00. The number of allylic oxidation sites excluding steroid dienone is 7. The van der Waals surface area contributed by atoms with Crippen molar-refractivity contribution < 1.29 is 0 Å². The van der Waals surface area contributed by atoms with E-state index in [1.165, 1.54) is 28.9 Å². The molecule has 0 radical (unpaired) electrons. The van der Waals surface area contributed by atoms with Gasteiger partial charge in [-0.15, -0.1) is 12.6 Å². The molecule has 0 aromatic carbocycles. The average Bonchev–Trinajstić information content (AvgIpc) is 2.20. The Morgan fingerprint density at radius 3 is 2.93 bits per heavy atom. The van der Waals surface area contributed by atoms with Crippen LogP contribution in [0.4, 0.5) is 0 Å². The second-order valence-corrected chi connectivity index (χ2v) is 4.46. The summed E-state index contributed by atoms with van der Waals surface area (Å²) in [5, 5.41) is 0. The lowest BCUT2D eigenvalue weighted by atomic mass is 9.82. The Bertz CT molecular complexity index is 342. The minimum atomic E-state index is 0.609. The van der Waals surface area contributed by atoms with Gasteiger partial charge in [0.2, 0.25) is 0 Å². The molecule has 0 aliphatic heterocycles. The summed E-state index contributed by atoms with van der Waals surface area (Å²) in [7, 11) is 0. The van der Waals surface area contributed by atoms with Crippen LogP contribution in [0.25, 0.3) is 0 Å². The molecule has 1 atom stereocenters. The van der Waals surface area contributed by atoms with Gasteiger partial charge in [0.1, 0.15) is 0 Å². The van der Waals surface area contributed by atoms with Crippen LogP contribution in [0.5, 0.6) is 0 Å². The van der Waals surface area contributed by atoms with E-state index in [0.717, 1.165) is 6.42 Å². The van der Waals surface area contributed by atoms with Gasteiger partial charge < -0.3 is 0 Å². The summed E-state index contributed by atoms with van der Waals surface area (Å²) in [6, 6.07) is 0. The highest BCUT2D eigenvalue weighted by Gasteiger charge is 2.19. The fourth-order valence-corrected chi connectivity index (χ4v) is 2.55. The predicted molar refractivity (Wildman–Crippen MR) is 65.4 cm³/mol. The number of thiol groups is 1. The largest absolute Gasteiger partial charge is 0.143 e. The van der Waals surface area contributed by atoms with Crippen LogP contribution in [0.3, 0.4) is 0 Å². The van der Waals surface area contributed by atoms with E-state index in [1.807, 2.05) is 0 Å². The van der Waals surface area contributed by atoms with E-state index in [4.69, 9.17) is 0 Å². The molecule has 2 rings (SSSR count). The Hall–Kier alpha value is -0.690. The normalized spacial score (nSPS) is 26.7. The molecule has 0 bridgehead atoms. The minimum absolute atomic E-state index is 0.609. The SMILES string of the molecule is CC1=CC=CCC1C1=C(S)C=CCC1. The van der Waals surface area contributed by atoms with Crippen LogP contribution in [-0.4, -0.2) is 0 Å². The first-order valence-corrected chi connectivity index (χ1v) is 5.65. The molecule has 0 N–H and O–H groups in total. The highest BCUT2D eigenvalue weighted by molar-refractivity contribution is 7.84. The third-order valence-electron chi connectivity index (χ3n) is 3.02. The van der Waals surface area contributed by atoms with Gasteiger partial charge in [-0.25, -0.2) is 0 Å². The Kier molecular flexibility index (Phi) is 2.97. The lowest BCUT2D eigenvalue weighted by Crippen LogP contribution is -2.09. The average molecular weight is 204 g/mol. The Labute approximate surface area is 91.5 Å². The molecule has 0 saturated heterocycles. The van der Waals surface area contributed by atoms with Gasteiger partial charge in [0.05, 0.1) is 0 Å². The standard InChI is InChI=1S/C13H16S/c1-10-6-2-3-7-11(10)12-8-4-5-9-13(12)14/h2-3,5-6,9,11,14H,4,7-8H2,1H3. The summed E-state index contributed by atoms with van der Waals surface area (Å²) in [5.74, 6) is 0.609. The zero-order valence-electron chi connectivity index (χ0n) is 8.53. The Balaban J connectivity index is 2.27. The van der Waals surface area contributed by atoms with Crippen LogP contribution in [-0.2, 0) is 0 Å². The lowest BCUT2D eigenvalue weighted by molar-refractivity contribution is 0.671. The zero-order valence-corrected chi connectivity index (χ0v) is 9.43. The summed E-state index contributed by atoms with van der Waals surface area (Å²) < 4.78 is 0. The van der Waals surface area contributed by atoms with Crippen molar-refractivity contribution in [1.29, 1.82) is 0 Å². The lowest BCUT2D eigenvalue weighted by Gasteiger charge is -2.25. The van der Waals surface area contributed by atoms with Gasteiger partial charge in [-0.05, 0) is 31.8 Å². The molecule has 0 saturated carbocycles. The summed E-state index contributed by atoms with van der Waals surface area (Å²) in [4.78, 5) is 1.18. The first-order valence-electron chi connectivity index (χ1n) is 5.21. The van der Waals surface area contributed by atoms with Crippen LogP contribution in [0.15, 0.2) is 46.4 Å². The topological polar surface area (TPSA) is 0 Å². The van der Waals surface area contributed by atoms with E-state index in [9.17, 15) is 0 Å². The van der Waals surface area contributed by atoms with Gasteiger partial charge in [0.25, 0.3) is 0 Å². The van der Waals surface area contributed by atoms with Crippen molar-refractivity contribution in [1.82, 2.24) is 0 Å². The van der Waals surface area contributed by atoms with Crippen LogP contribution >= 0.6 is 12.6 Å².